The molecule has 0 aromatic carbocycles. The van der Waals surface area contributed by atoms with Crippen LogP contribution in [-0.2, 0) is 16.1 Å². The van der Waals surface area contributed by atoms with Crippen molar-refractivity contribution in [2.75, 3.05) is 6.54 Å². The molecule has 0 fully saturated rings. The van der Waals surface area contributed by atoms with Gasteiger partial charge in [-0.2, -0.15) is 0 Å². The molecule has 16 heavy (non-hydrogen) atoms. The fourth-order valence-electron chi connectivity index (χ4n) is 0.999. The van der Waals surface area contributed by atoms with Crippen LogP contribution in [0.5, 0.6) is 0 Å². The molecule has 0 saturated heterocycles. The Bertz CT molecular complexity index is 376. The van der Waals surface area contributed by atoms with Crippen LogP contribution < -0.4 is 10.6 Å². The zero-order valence-electron chi connectivity index (χ0n) is 8.77. The number of nitrogens with zero attached hydrogens (tertiary/aromatic N) is 1. The van der Waals surface area contributed by atoms with Gasteiger partial charge in [0, 0.05) is 12.7 Å². The van der Waals surface area contributed by atoms with Gasteiger partial charge in [0.15, 0.2) is 0 Å². The van der Waals surface area contributed by atoms with E-state index in [4.69, 9.17) is 0 Å². The average Bonchev–Trinajstić information content (AvgIpc) is 2.34. The number of rotatable bonds is 4. The standard InChI is InChI=1S/C11H13N3O2/c1-2-6-13-10(15)11(16)14-8-9-5-3-4-7-12-9/h2-5,7H,1,6,8H2,(H,13,15)(H,14,16). The topological polar surface area (TPSA) is 71.1 Å². The smallest absolute Gasteiger partial charge is 0.309 e. The molecular weight excluding hydrogens is 206 g/mol. The summed E-state index contributed by atoms with van der Waals surface area (Å²) in [5, 5.41) is 4.84. The molecule has 5 nitrogen and oxygen atoms in total. The SMILES string of the molecule is C=CCNC(=O)C(=O)NCc1ccccn1. The van der Waals surface area contributed by atoms with E-state index in [1.54, 1.807) is 18.3 Å². The molecule has 1 rings (SSSR count). The minimum Gasteiger partial charge on any atom is -0.344 e. The number of pyridine rings is 1. The Kier molecular flexibility index (Phi) is 4.72. The molecule has 0 atom stereocenters. The van der Waals surface area contributed by atoms with Gasteiger partial charge in [-0.1, -0.05) is 12.1 Å². The fraction of sp³-hybridized carbons (Fsp3) is 0.182. The summed E-state index contributed by atoms with van der Waals surface area (Å²) in [7, 11) is 0. The van der Waals surface area contributed by atoms with Crippen molar-refractivity contribution < 1.29 is 9.59 Å². The molecule has 0 aliphatic heterocycles. The first-order valence-corrected chi connectivity index (χ1v) is 4.81. The van der Waals surface area contributed by atoms with E-state index in [1.807, 2.05) is 6.07 Å². The summed E-state index contributed by atoms with van der Waals surface area (Å²) in [5.41, 5.74) is 0.701. The highest BCUT2D eigenvalue weighted by atomic mass is 16.2. The summed E-state index contributed by atoms with van der Waals surface area (Å²) in [5.74, 6) is -1.34. The van der Waals surface area contributed by atoms with Gasteiger partial charge in [0.25, 0.3) is 0 Å². The zero-order valence-corrected chi connectivity index (χ0v) is 8.77. The van der Waals surface area contributed by atoms with Crippen molar-refractivity contribution in [1.29, 1.82) is 0 Å². The van der Waals surface area contributed by atoms with Crippen LogP contribution in [0.3, 0.4) is 0 Å². The van der Waals surface area contributed by atoms with E-state index in [2.05, 4.69) is 22.2 Å². The number of nitrogens with one attached hydrogen (secondary N) is 2. The van der Waals surface area contributed by atoms with Gasteiger partial charge in [0.05, 0.1) is 12.2 Å². The summed E-state index contributed by atoms with van der Waals surface area (Å²) < 4.78 is 0. The van der Waals surface area contributed by atoms with Crippen molar-refractivity contribution in [3.63, 3.8) is 0 Å². The Morgan fingerprint density at radius 1 is 1.31 bits per heavy atom. The maximum absolute atomic E-state index is 11.2. The second-order valence-corrected chi connectivity index (χ2v) is 3.00. The normalized spacial score (nSPS) is 9.25. The molecule has 84 valence electrons. The van der Waals surface area contributed by atoms with Crippen LogP contribution >= 0.6 is 0 Å². The highest BCUT2D eigenvalue weighted by Crippen LogP contribution is 1.91. The second-order valence-electron chi connectivity index (χ2n) is 3.00. The summed E-state index contributed by atoms with van der Waals surface area (Å²) >= 11 is 0. The van der Waals surface area contributed by atoms with Crippen LogP contribution in [0.15, 0.2) is 37.1 Å². The second kappa shape index (κ2) is 6.34. The highest BCUT2D eigenvalue weighted by Gasteiger charge is 2.11. The molecule has 0 radical (unpaired) electrons. The molecule has 5 heteroatoms. The maximum atomic E-state index is 11.2. The van der Waals surface area contributed by atoms with Gasteiger partial charge in [-0.15, -0.1) is 6.58 Å². The van der Waals surface area contributed by atoms with Crippen LogP contribution in [0.4, 0.5) is 0 Å². The Balaban J connectivity index is 2.35. The lowest BCUT2D eigenvalue weighted by molar-refractivity contribution is -0.139. The van der Waals surface area contributed by atoms with Crippen molar-refractivity contribution in [3.8, 4) is 0 Å². The molecule has 0 bridgehead atoms. The van der Waals surface area contributed by atoms with Crippen molar-refractivity contribution in [1.82, 2.24) is 15.6 Å². The molecule has 2 N–H and O–H groups in total. The first-order chi connectivity index (χ1) is 7.74. The number of carbonyl (C=O) groups is 2. The number of carbonyl (C=O) groups excluding carboxylic acids is 2. The van der Waals surface area contributed by atoms with Gasteiger partial charge >= 0.3 is 11.8 Å². The van der Waals surface area contributed by atoms with E-state index in [0.717, 1.165) is 0 Å². The van der Waals surface area contributed by atoms with Gasteiger partial charge in [0.1, 0.15) is 0 Å². The predicted molar refractivity (Wildman–Crippen MR) is 59.3 cm³/mol. The molecule has 0 saturated carbocycles. The largest absolute Gasteiger partial charge is 0.344 e. The van der Waals surface area contributed by atoms with Crippen molar-refractivity contribution in [2.24, 2.45) is 0 Å². The van der Waals surface area contributed by atoms with Gasteiger partial charge in [-0.05, 0) is 12.1 Å². The zero-order chi connectivity index (χ0) is 11.8. The summed E-state index contributed by atoms with van der Waals surface area (Å²) in [6.45, 7) is 3.94. The first kappa shape index (κ1) is 11.9. The minimum atomic E-state index is -0.674. The molecule has 1 heterocycles. The van der Waals surface area contributed by atoms with Gasteiger partial charge < -0.3 is 10.6 Å². The Hall–Kier alpha value is -2.17. The van der Waals surface area contributed by atoms with E-state index in [-0.39, 0.29) is 13.1 Å². The van der Waals surface area contributed by atoms with E-state index >= 15 is 0 Å². The monoisotopic (exact) mass is 219 g/mol. The third-order valence-corrected chi connectivity index (χ3v) is 1.77. The van der Waals surface area contributed by atoms with E-state index in [9.17, 15) is 9.59 Å². The van der Waals surface area contributed by atoms with Crippen LogP contribution in [0.1, 0.15) is 5.69 Å². The average molecular weight is 219 g/mol. The number of hydrogen-bond acceptors (Lipinski definition) is 3. The molecule has 1 aromatic rings. The summed E-state index contributed by atoms with van der Waals surface area (Å²) in [6.07, 6.45) is 3.13. The summed E-state index contributed by atoms with van der Waals surface area (Å²) in [4.78, 5) is 26.4. The lowest BCUT2D eigenvalue weighted by atomic mass is 10.3. The van der Waals surface area contributed by atoms with Crippen molar-refractivity contribution >= 4 is 11.8 Å². The molecule has 2 amide bonds. The van der Waals surface area contributed by atoms with Crippen molar-refractivity contribution in [2.45, 2.75) is 6.54 Å². The van der Waals surface area contributed by atoms with Crippen molar-refractivity contribution in [3.05, 3.63) is 42.7 Å². The minimum absolute atomic E-state index is 0.237. The molecule has 0 unspecified atom stereocenters. The van der Waals surface area contributed by atoms with Gasteiger partial charge in [0.2, 0.25) is 0 Å². The van der Waals surface area contributed by atoms with Crippen LogP contribution in [-0.4, -0.2) is 23.3 Å². The number of hydrogen-bond donors (Lipinski definition) is 2. The highest BCUT2D eigenvalue weighted by molar-refractivity contribution is 6.35. The lowest BCUT2D eigenvalue weighted by Crippen LogP contribution is -2.39. The number of aromatic nitrogens is 1. The van der Waals surface area contributed by atoms with Crippen LogP contribution in [0.25, 0.3) is 0 Å². The van der Waals surface area contributed by atoms with E-state index in [0.29, 0.717) is 5.69 Å². The third-order valence-electron chi connectivity index (χ3n) is 1.77. The van der Waals surface area contributed by atoms with Gasteiger partial charge in [-0.3, -0.25) is 14.6 Å². The quantitative estimate of drug-likeness (QED) is 0.553. The van der Waals surface area contributed by atoms with E-state index in [1.165, 1.54) is 6.08 Å². The Morgan fingerprint density at radius 3 is 2.69 bits per heavy atom. The van der Waals surface area contributed by atoms with Crippen LogP contribution in [0, 0.1) is 0 Å². The molecule has 0 aliphatic carbocycles. The molecular formula is C11H13N3O2. The third kappa shape index (κ3) is 3.91. The summed E-state index contributed by atoms with van der Waals surface area (Å²) in [6, 6.07) is 5.36. The molecule has 0 aliphatic rings. The maximum Gasteiger partial charge on any atom is 0.309 e. The molecule has 1 aromatic heterocycles. The van der Waals surface area contributed by atoms with Crippen LogP contribution in [0.2, 0.25) is 0 Å². The van der Waals surface area contributed by atoms with Gasteiger partial charge in [-0.25, -0.2) is 0 Å². The first-order valence-electron chi connectivity index (χ1n) is 4.81. The number of amides is 2. The lowest BCUT2D eigenvalue weighted by Gasteiger charge is -2.04. The Morgan fingerprint density at radius 2 is 2.06 bits per heavy atom. The molecule has 0 spiro atoms. The fourth-order valence-corrected chi connectivity index (χ4v) is 0.999. The van der Waals surface area contributed by atoms with E-state index < -0.39 is 11.8 Å². The predicted octanol–water partition coefficient (Wildman–Crippen LogP) is -0.000000000000000666. The Labute approximate surface area is 93.6 Å².